The summed E-state index contributed by atoms with van der Waals surface area (Å²) in [6.07, 6.45) is 0.712. The van der Waals surface area contributed by atoms with Gasteiger partial charge in [0.1, 0.15) is 5.75 Å². The summed E-state index contributed by atoms with van der Waals surface area (Å²) in [7, 11) is 0. The minimum absolute atomic E-state index is 0.263. The van der Waals surface area contributed by atoms with Crippen molar-refractivity contribution in [2.24, 2.45) is 5.41 Å². The first kappa shape index (κ1) is 9.60. The van der Waals surface area contributed by atoms with Gasteiger partial charge in [0.2, 0.25) is 0 Å². The molecule has 0 aliphatic carbocycles. The Labute approximate surface area is 78.4 Å². The van der Waals surface area contributed by atoms with Crippen LogP contribution in [0.25, 0.3) is 0 Å². The molecule has 2 nitrogen and oxygen atoms in total. The molecule has 1 rings (SSSR count). The predicted octanol–water partition coefficient (Wildman–Crippen LogP) is 2.48. The zero-order chi connectivity index (χ0) is 9.90. The lowest BCUT2D eigenvalue weighted by Crippen LogP contribution is -2.11. The topological polar surface area (TPSA) is 44.0 Å². The second kappa shape index (κ2) is 3.49. The number of benzene rings is 1. The van der Waals surface area contributed by atoms with Gasteiger partial charge in [-0.25, -0.2) is 0 Å². The molecule has 0 heterocycles. The van der Waals surface area contributed by atoms with E-state index in [9.17, 15) is 0 Å². The molecule has 2 heteroatoms. The van der Waals surface area contributed by atoms with Crippen LogP contribution in [0, 0.1) is 16.7 Å². The van der Waals surface area contributed by atoms with E-state index in [-0.39, 0.29) is 11.2 Å². The third-order valence-electron chi connectivity index (χ3n) is 1.89. The number of phenols is 1. The molecule has 0 fully saturated rings. The van der Waals surface area contributed by atoms with Crippen molar-refractivity contribution in [2.45, 2.75) is 20.3 Å². The molecule has 0 saturated carbocycles. The summed E-state index contributed by atoms with van der Waals surface area (Å²) in [5, 5.41) is 17.9. The molecule has 1 aromatic rings. The van der Waals surface area contributed by atoms with E-state index < -0.39 is 0 Å². The molecule has 1 N–H and O–H groups in total. The molecule has 0 spiro atoms. The average molecular weight is 175 g/mol. The second-order valence-electron chi connectivity index (χ2n) is 3.84. The third-order valence-corrected chi connectivity index (χ3v) is 1.89. The smallest absolute Gasteiger partial charge is 0.115 e. The van der Waals surface area contributed by atoms with Gasteiger partial charge < -0.3 is 5.11 Å². The molecule has 0 amide bonds. The molecular formula is C11H13NO. The fourth-order valence-electron chi connectivity index (χ4n) is 1.16. The predicted molar refractivity (Wildman–Crippen MR) is 51.2 cm³/mol. The van der Waals surface area contributed by atoms with Crippen molar-refractivity contribution in [3.05, 3.63) is 29.8 Å². The highest BCUT2D eigenvalue weighted by Gasteiger charge is 2.16. The Kier molecular flexibility index (Phi) is 2.57. The van der Waals surface area contributed by atoms with Crippen LogP contribution in [0.3, 0.4) is 0 Å². The third kappa shape index (κ3) is 2.79. The Bertz CT molecular complexity index is 319. The van der Waals surface area contributed by atoms with Crippen molar-refractivity contribution in [2.75, 3.05) is 0 Å². The van der Waals surface area contributed by atoms with E-state index in [2.05, 4.69) is 6.07 Å². The highest BCUT2D eigenvalue weighted by atomic mass is 16.3. The largest absolute Gasteiger partial charge is 0.508 e. The van der Waals surface area contributed by atoms with Crippen molar-refractivity contribution in [1.82, 2.24) is 0 Å². The molecule has 0 aliphatic rings. The Morgan fingerprint density at radius 2 is 1.85 bits per heavy atom. The zero-order valence-corrected chi connectivity index (χ0v) is 7.91. The SMILES string of the molecule is CC(C)(C#N)Cc1ccc(O)cc1. The lowest BCUT2D eigenvalue weighted by Gasteiger charge is -2.14. The molecule has 0 atom stereocenters. The van der Waals surface area contributed by atoms with Crippen molar-refractivity contribution in [3.8, 4) is 11.8 Å². The summed E-state index contributed by atoms with van der Waals surface area (Å²) in [5.41, 5.74) is 0.737. The van der Waals surface area contributed by atoms with Gasteiger partial charge in [-0.3, -0.25) is 0 Å². The van der Waals surface area contributed by atoms with Crippen LogP contribution in [-0.2, 0) is 6.42 Å². The Morgan fingerprint density at radius 3 is 2.31 bits per heavy atom. The number of nitriles is 1. The van der Waals surface area contributed by atoms with E-state index in [0.717, 1.165) is 5.56 Å². The van der Waals surface area contributed by atoms with Crippen molar-refractivity contribution >= 4 is 0 Å². The van der Waals surface area contributed by atoms with Crippen LogP contribution in [0.1, 0.15) is 19.4 Å². The standard InChI is InChI=1S/C11H13NO/c1-11(2,8-12)7-9-3-5-10(13)6-4-9/h3-6,13H,7H2,1-2H3. The maximum atomic E-state index is 9.05. The maximum absolute atomic E-state index is 9.05. The summed E-state index contributed by atoms with van der Waals surface area (Å²) in [4.78, 5) is 0. The molecule has 1 aromatic carbocycles. The molecule has 13 heavy (non-hydrogen) atoms. The Hall–Kier alpha value is -1.49. The van der Waals surface area contributed by atoms with E-state index in [0.29, 0.717) is 6.42 Å². The van der Waals surface area contributed by atoms with Gasteiger partial charge in [0.05, 0.1) is 11.5 Å². The lowest BCUT2D eigenvalue weighted by atomic mass is 9.87. The number of aromatic hydroxyl groups is 1. The molecule has 0 aliphatic heterocycles. The average Bonchev–Trinajstić information content (AvgIpc) is 2.09. The van der Waals surface area contributed by atoms with Gasteiger partial charge in [-0.1, -0.05) is 12.1 Å². The first-order chi connectivity index (χ1) is 6.03. The molecule has 0 saturated heterocycles. The van der Waals surface area contributed by atoms with Gasteiger partial charge >= 0.3 is 0 Å². The summed E-state index contributed by atoms with van der Waals surface area (Å²) < 4.78 is 0. The minimum atomic E-state index is -0.336. The van der Waals surface area contributed by atoms with Crippen LogP contribution in [0.15, 0.2) is 24.3 Å². The second-order valence-corrected chi connectivity index (χ2v) is 3.84. The Balaban J connectivity index is 2.77. The fraction of sp³-hybridized carbons (Fsp3) is 0.364. The summed E-state index contributed by atoms with van der Waals surface area (Å²) in [6.45, 7) is 3.81. The van der Waals surface area contributed by atoms with Gasteiger partial charge in [0.15, 0.2) is 0 Å². The van der Waals surface area contributed by atoms with Crippen molar-refractivity contribution < 1.29 is 5.11 Å². The van der Waals surface area contributed by atoms with Gasteiger partial charge in [-0.2, -0.15) is 5.26 Å². The Morgan fingerprint density at radius 1 is 1.31 bits per heavy atom. The summed E-state index contributed by atoms with van der Waals surface area (Å²) >= 11 is 0. The van der Waals surface area contributed by atoms with Gasteiger partial charge in [0, 0.05) is 0 Å². The van der Waals surface area contributed by atoms with E-state index in [1.807, 2.05) is 26.0 Å². The van der Waals surface area contributed by atoms with Gasteiger partial charge in [0.25, 0.3) is 0 Å². The number of hydrogen-bond acceptors (Lipinski definition) is 2. The number of phenolic OH excluding ortho intramolecular Hbond substituents is 1. The fourth-order valence-corrected chi connectivity index (χ4v) is 1.16. The highest BCUT2D eigenvalue weighted by Crippen LogP contribution is 2.21. The monoisotopic (exact) mass is 175 g/mol. The van der Waals surface area contributed by atoms with E-state index in [1.165, 1.54) is 0 Å². The van der Waals surface area contributed by atoms with Crippen molar-refractivity contribution in [3.63, 3.8) is 0 Å². The lowest BCUT2D eigenvalue weighted by molar-refractivity contribution is 0.472. The summed E-state index contributed by atoms with van der Waals surface area (Å²) in [6, 6.07) is 9.21. The van der Waals surface area contributed by atoms with E-state index >= 15 is 0 Å². The van der Waals surface area contributed by atoms with Crippen LogP contribution in [0.2, 0.25) is 0 Å². The van der Waals surface area contributed by atoms with Crippen LogP contribution in [0.4, 0.5) is 0 Å². The first-order valence-corrected chi connectivity index (χ1v) is 4.23. The van der Waals surface area contributed by atoms with Gasteiger partial charge in [-0.15, -0.1) is 0 Å². The van der Waals surface area contributed by atoms with Crippen LogP contribution >= 0.6 is 0 Å². The number of nitrogens with zero attached hydrogens (tertiary/aromatic N) is 1. The van der Waals surface area contributed by atoms with Crippen LogP contribution < -0.4 is 0 Å². The number of rotatable bonds is 2. The molecule has 0 bridgehead atoms. The van der Waals surface area contributed by atoms with Crippen LogP contribution in [0.5, 0.6) is 5.75 Å². The number of hydrogen-bond donors (Lipinski definition) is 1. The van der Waals surface area contributed by atoms with Gasteiger partial charge in [-0.05, 0) is 38.0 Å². The first-order valence-electron chi connectivity index (χ1n) is 4.23. The maximum Gasteiger partial charge on any atom is 0.115 e. The van der Waals surface area contributed by atoms with Crippen LogP contribution in [-0.4, -0.2) is 5.11 Å². The van der Waals surface area contributed by atoms with E-state index in [4.69, 9.17) is 10.4 Å². The minimum Gasteiger partial charge on any atom is -0.508 e. The zero-order valence-electron chi connectivity index (χ0n) is 7.91. The van der Waals surface area contributed by atoms with E-state index in [1.54, 1.807) is 12.1 Å². The molecule has 0 aromatic heterocycles. The molecule has 0 unspecified atom stereocenters. The van der Waals surface area contributed by atoms with Crippen molar-refractivity contribution in [1.29, 1.82) is 5.26 Å². The quantitative estimate of drug-likeness (QED) is 0.750. The highest BCUT2D eigenvalue weighted by molar-refractivity contribution is 5.27. The normalized spacial score (nSPS) is 10.8. The summed E-state index contributed by atoms with van der Waals surface area (Å²) in [5.74, 6) is 0.263. The molecular weight excluding hydrogens is 162 g/mol. The molecule has 0 radical (unpaired) electrons. The molecule has 68 valence electrons.